The van der Waals surface area contributed by atoms with Crippen LogP contribution < -0.4 is 16.0 Å². The molecule has 0 radical (unpaired) electrons. The van der Waals surface area contributed by atoms with E-state index in [-0.39, 0.29) is 18.0 Å². The zero-order valence-corrected chi connectivity index (χ0v) is 14.7. The number of carbonyl (C=O) groups excluding carboxylic acids is 2. The average molecular weight is 377 g/mol. The van der Waals surface area contributed by atoms with Gasteiger partial charge in [0.2, 0.25) is 11.8 Å². The van der Waals surface area contributed by atoms with E-state index in [2.05, 4.69) is 16.0 Å². The van der Waals surface area contributed by atoms with Crippen molar-refractivity contribution in [3.8, 4) is 0 Å². The molecule has 1 atom stereocenters. The maximum absolute atomic E-state index is 12.6. The van der Waals surface area contributed by atoms with E-state index in [1.165, 1.54) is 12.1 Å². The van der Waals surface area contributed by atoms with Gasteiger partial charge in [0.15, 0.2) is 0 Å². The molecule has 1 aliphatic rings. The van der Waals surface area contributed by atoms with Gasteiger partial charge >= 0.3 is 6.18 Å². The fourth-order valence-corrected chi connectivity index (χ4v) is 2.80. The highest BCUT2D eigenvalue weighted by molar-refractivity contribution is 6.06. The largest absolute Gasteiger partial charge is 0.416 e. The van der Waals surface area contributed by atoms with Crippen molar-refractivity contribution in [3.05, 3.63) is 53.1 Å². The molecule has 0 saturated heterocycles. The number of carbonyl (C=O) groups is 2. The molecule has 5 nitrogen and oxygen atoms in total. The summed E-state index contributed by atoms with van der Waals surface area (Å²) in [6, 6.07) is 7.12. The Morgan fingerprint density at radius 3 is 2.26 bits per heavy atom. The molecule has 0 aromatic heterocycles. The van der Waals surface area contributed by atoms with Crippen LogP contribution in [0.5, 0.6) is 0 Å². The van der Waals surface area contributed by atoms with Crippen molar-refractivity contribution in [3.63, 3.8) is 0 Å². The first-order valence-electron chi connectivity index (χ1n) is 8.29. The van der Waals surface area contributed by atoms with Gasteiger partial charge in [-0.1, -0.05) is 0 Å². The van der Waals surface area contributed by atoms with E-state index < -0.39 is 23.7 Å². The number of alkyl halides is 3. The van der Waals surface area contributed by atoms with E-state index in [1.807, 2.05) is 26.0 Å². The van der Waals surface area contributed by atoms with Crippen LogP contribution in [0.1, 0.15) is 23.1 Å². The third-order valence-electron chi connectivity index (χ3n) is 4.42. The fourth-order valence-electron chi connectivity index (χ4n) is 2.80. The number of hydrogen-bond donors (Lipinski definition) is 3. The highest BCUT2D eigenvalue weighted by atomic mass is 19.4. The molecule has 1 heterocycles. The molecule has 0 spiro atoms. The number of benzene rings is 2. The Balaban J connectivity index is 1.65. The fraction of sp³-hybridized carbons (Fsp3) is 0.263. The Morgan fingerprint density at radius 2 is 1.67 bits per heavy atom. The van der Waals surface area contributed by atoms with Gasteiger partial charge in [-0.3, -0.25) is 9.59 Å². The quantitative estimate of drug-likeness (QED) is 0.755. The molecule has 0 saturated carbocycles. The Morgan fingerprint density at radius 1 is 1.07 bits per heavy atom. The van der Waals surface area contributed by atoms with Gasteiger partial charge in [-0.2, -0.15) is 13.2 Å². The lowest BCUT2D eigenvalue weighted by molar-refractivity contribution is -0.137. The second-order valence-electron chi connectivity index (χ2n) is 6.50. The number of hydrogen-bond acceptors (Lipinski definition) is 3. The van der Waals surface area contributed by atoms with Crippen molar-refractivity contribution in [2.45, 2.75) is 32.5 Å². The van der Waals surface area contributed by atoms with Gasteiger partial charge < -0.3 is 16.0 Å². The molecule has 1 aliphatic heterocycles. The van der Waals surface area contributed by atoms with Crippen LogP contribution in [0.4, 0.5) is 30.2 Å². The summed E-state index contributed by atoms with van der Waals surface area (Å²) in [6.45, 7) is 3.88. The highest BCUT2D eigenvalue weighted by Gasteiger charge is 2.30. The topological polar surface area (TPSA) is 70.2 Å². The smallest absolute Gasteiger partial charge is 0.372 e. The van der Waals surface area contributed by atoms with Gasteiger partial charge in [0.05, 0.1) is 23.4 Å². The van der Waals surface area contributed by atoms with Crippen molar-refractivity contribution in [2.24, 2.45) is 0 Å². The van der Waals surface area contributed by atoms with E-state index >= 15 is 0 Å². The van der Waals surface area contributed by atoms with Crippen LogP contribution in [-0.4, -0.2) is 17.9 Å². The van der Waals surface area contributed by atoms with Gasteiger partial charge in [0.25, 0.3) is 0 Å². The molecule has 0 unspecified atom stereocenters. The zero-order valence-electron chi connectivity index (χ0n) is 14.7. The summed E-state index contributed by atoms with van der Waals surface area (Å²) < 4.78 is 37.7. The summed E-state index contributed by atoms with van der Waals surface area (Å²) in [6.07, 6.45) is -4.59. The van der Waals surface area contributed by atoms with Crippen molar-refractivity contribution >= 4 is 28.9 Å². The van der Waals surface area contributed by atoms with E-state index in [0.29, 0.717) is 5.69 Å². The number of aryl methyl sites for hydroxylation is 2. The lowest BCUT2D eigenvalue weighted by Gasteiger charge is -2.27. The first-order chi connectivity index (χ1) is 12.6. The minimum absolute atomic E-state index is 0.154. The Hall–Kier alpha value is -3.03. The van der Waals surface area contributed by atoms with E-state index in [1.54, 1.807) is 0 Å². The standard InChI is InChI=1S/C19H18F3N3O2/c1-10-7-14-15(8-11(10)2)25-18(27)16(24-14)9-17(26)23-13-5-3-12(4-6-13)19(20,21)22/h3-8,16,24H,9H2,1-2H3,(H,23,26)(H,25,27)/t16-/m0/s1. The molecule has 0 fully saturated rings. The number of rotatable bonds is 3. The second-order valence-corrected chi connectivity index (χ2v) is 6.50. The van der Waals surface area contributed by atoms with Crippen LogP contribution >= 0.6 is 0 Å². The van der Waals surface area contributed by atoms with Crippen molar-refractivity contribution in [1.82, 2.24) is 0 Å². The van der Waals surface area contributed by atoms with Crippen LogP contribution in [0, 0.1) is 13.8 Å². The lowest BCUT2D eigenvalue weighted by atomic mass is 10.0. The minimum Gasteiger partial charge on any atom is -0.372 e. The number of amides is 2. The van der Waals surface area contributed by atoms with Gasteiger partial charge in [-0.05, 0) is 61.4 Å². The Labute approximate surface area is 154 Å². The van der Waals surface area contributed by atoms with E-state index in [4.69, 9.17) is 0 Å². The van der Waals surface area contributed by atoms with E-state index in [0.717, 1.165) is 28.9 Å². The molecular formula is C19H18F3N3O2. The number of halogens is 3. The SMILES string of the molecule is Cc1cc2c(cc1C)N[C@@H](CC(=O)Nc1ccc(C(F)(F)F)cc1)C(=O)N2. The summed E-state index contributed by atoms with van der Waals surface area (Å²) >= 11 is 0. The van der Waals surface area contributed by atoms with Gasteiger partial charge in [-0.25, -0.2) is 0 Å². The minimum atomic E-state index is -4.43. The van der Waals surface area contributed by atoms with Crippen molar-refractivity contribution in [1.29, 1.82) is 0 Å². The number of fused-ring (bicyclic) bond motifs is 1. The maximum atomic E-state index is 12.6. The summed E-state index contributed by atoms with van der Waals surface area (Å²) in [4.78, 5) is 24.4. The highest BCUT2D eigenvalue weighted by Crippen LogP contribution is 2.31. The Bertz CT molecular complexity index is 892. The molecule has 0 bridgehead atoms. The number of anilines is 3. The summed E-state index contributed by atoms with van der Waals surface area (Å²) in [5.41, 5.74) is 2.90. The predicted octanol–water partition coefficient (Wildman–Crippen LogP) is 4.08. The molecule has 27 heavy (non-hydrogen) atoms. The monoisotopic (exact) mass is 377 g/mol. The second kappa shape index (κ2) is 6.94. The van der Waals surface area contributed by atoms with Crippen molar-refractivity contribution < 1.29 is 22.8 Å². The molecule has 2 aromatic carbocycles. The predicted molar refractivity (Wildman–Crippen MR) is 96.6 cm³/mol. The van der Waals surface area contributed by atoms with Crippen LogP contribution in [0.3, 0.4) is 0 Å². The molecule has 0 aliphatic carbocycles. The lowest BCUT2D eigenvalue weighted by Crippen LogP contribution is -2.41. The summed E-state index contributed by atoms with van der Waals surface area (Å²) in [5, 5.41) is 8.31. The summed E-state index contributed by atoms with van der Waals surface area (Å²) in [5.74, 6) is -0.817. The molecule has 8 heteroatoms. The van der Waals surface area contributed by atoms with Crippen LogP contribution in [0.2, 0.25) is 0 Å². The van der Waals surface area contributed by atoms with Gasteiger partial charge in [0, 0.05) is 5.69 Å². The normalized spacial score (nSPS) is 16.2. The van der Waals surface area contributed by atoms with Gasteiger partial charge in [0.1, 0.15) is 6.04 Å². The van der Waals surface area contributed by atoms with Crippen LogP contribution in [-0.2, 0) is 15.8 Å². The number of nitrogens with one attached hydrogen (secondary N) is 3. The first kappa shape index (κ1) is 18.8. The molecule has 2 aromatic rings. The average Bonchev–Trinajstić information content (AvgIpc) is 2.57. The zero-order chi connectivity index (χ0) is 19.8. The summed E-state index contributed by atoms with van der Waals surface area (Å²) in [7, 11) is 0. The molecule has 2 amide bonds. The molecule has 3 rings (SSSR count). The van der Waals surface area contributed by atoms with Gasteiger partial charge in [-0.15, -0.1) is 0 Å². The third kappa shape index (κ3) is 4.21. The van der Waals surface area contributed by atoms with E-state index in [9.17, 15) is 22.8 Å². The van der Waals surface area contributed by atoms with Crippen molar-refractivity contribution in [2.75, 3.05) is 16.0 Å². The first-order valence-corrected chi connectivity index (χ1v) is 8.29. The molecular weight excluding hydrogens is 359 g/mol. The Kier molecular flexibility index (Phi) is 4.82. The molecule has 142 valence electrons. The third-order valence-corrected chi connectivity index (χ3v) is 4.42. The maximum Gasteiger partial charge on any atom is 0.416 e. The van der Waals surface area contributed by atoms with Crippen LogP contribution in [0.15, 0.2) is 36.4 Å². The van der Waals surface area contributed by atoms with Crippen LogP contribution in [0.25, 0.3) is 0 Å². The molecule has 3 N–H and O–H groups in total.